The molecule has 3 heterocycles. The summed E-state index contributed by atoms with van der Waals surface area (Å²) in [6.07, 6.45) is 42.0. The summed E-state index contributed by atoms with van der Waals surface area (Å²) in [6.45, 7) is 1.80. The van der Waals surface area contributed by atoms with Crippen molar-refractivity contribution in [3.63, 3.8) is 0 Å². The van der Waals surface area contributed by atoms with Crippen LogP contribution in [0.2, 0.25) is 0 Å². The Hall–Kier alpha value is -1.47. The Morgan fingerprint density at radius 2 is 0.646 bits per heavy atom. The standard InChI is InChI=1S/C77H147NO18/c1-3-5-7-9-11-13-15-17-19-21-23-25-27-28-29-30-31-33-34-36-38-40-42-44-46-48-50-52-54-61(82)60(78-65(83)55-53-51-49-47-45-43-41-39-37-35-32-26-24-22-20-18-16-14-12-10-8-6-4-2)59-91-75-71(89)68(86)73(63(57-80)93-75)96-77-72(90)69(87)74(64(58-81)94-77)95-76-70(88)67(85)66(84)62(56-79)92-76/h52,54,60-64,66-77,79-82,84-90H,3-51,53,55-59H2,1-2H3,(H,78,83)/b54-52+. The molecule has 0 aromatic rings. The predicted molar refractivity (Wildman–Crippen MR) is 379 cm³/mol. The van der Waals surface area contributed by atoms with Crippen molar-refractivity contribution in [2.75, 3.05) is 26.4 Å². The van der Waals surface area contributed by atoms with Gasteiger partial charge in [0, 0.05) is 6.42 Å². The Kier molecular flexibility index (Phi) is 54.5. The molecular formula is C77H147NO18. The molecule has 568 valence electrons. The molecule has 0 aliphatic carbocycles. The zero-order chi connectivity index (χ0) is 69.6. The Morgan fingerprint density at radius 1 is 0.365 bits per heavy atom. The van der Waals surface area contributed by atoms with Gasteiger partial charge >= 0.3 is 0 Å². The fourth-order valence-electron chi connectivity index (χ4n) is 13.9. The summed E-state index contributed by atoms with van der Waals surface area (Å²) >= 11 is 0. The molecule has 3 saturated heterocycles. The van der Waals surface area contributed by atoms with E-state index in [9.17, 15) is 61.0 Å². The van der Waals surface area contributed by atoms with E-state index in [0.29, 0.717) is 6.42 Å². The van der Waals surface area contributed by atoms with Crippen LogP contribution in [0.5, 0.6) is 0 Å². The van der Waals surface area contributed by atoms with E-state index in [0.717, 1.165) is 44.9 Å². The highest BCUT2D eigenvalue weighted by Crippen LogP contribution is 2.33. The largest absolute Gasteiger partial charge is 0.394 e. The Morgan fingerprint density at radius 3 is 0.979 bits per heavy atom. The number of carbonyl (C=O) groups is 1. The van der Waals surface area contributed by atoms with Crippen LogP contribution in [0.25, 0.3) is 0 Å². The molecule has 0 saturated carbocycles. The highest BCUT2D eigenvalue weighted by Gasteiger charge is 2.54. The van der Waals surface area contributed by atoms with Gasteiger partial charge in [0.15, 0.2) is 18.9 Å². The molecule has 12 N–H and O–H groups in total. The van der Waals surface area contributed by atoms with Crippen LogP contribution in [0.15, 0.2) is 12.2 Å². The SMILES string of the molecule is CCCCCCCCCCCCCCCCCCCCCCCCCCCC/C=C/C(O)C(COC1OC(CO)C(OC2OC(CO)C(OC3OC(CO)C(O)C(O)C3O)C(O)C2O)C(O)C1O)NC(=O)CCCCCCCCCCCCCCCCCCCCCCCCC. The van der Waals surface area contributed by atoms with Crippen LogP contribution >= 0.6 is 0 Å². The number of ether oxygens (including phenoxy) is 6. The van der Waals surface area contributed by atoms with Crippen molar-refractivity contribution in [1.82, 2.24) is 5.32 Å². The van der Waals surface area contributed by atoms with Crippen molar-refractivity contribution >= 4 is 5.91 Å². The fourth-order valence-corrected chi connectivity index (χ4v) is 13.9. The summed E-state index contributed by atoms with van der Waals surface area (Å²) in [7, 11) is 0. The van der Waals surface area contributed by atoms with Gasteiger partial charge in [-0.3, -0.25) is 4.79 Å². The smallest absolute Gasteiger partial charge is 0.220 e. The number of rotatable bonds is 64. The average molecular weight is 1380 g/mol. The van der Waals surface area contributed by atoms with E-state index in [4.69, 9.17) is 28.4 Å². The number of hydrogen-bond acceptors (Lipinski definition) is 18. The van der Waals surface area contributed by atoms with Crippen molar-refractivity contribution in [2.24, 2.45) is 0 Å². The van der Waals surface area contributed by atoms with Gasteiger partial charge < -0.3 is 89.9 Å². The maximum absolute atomic E-state index is 13.5. The molecule has 17 atom stereocenters. The second kappa shape index (κ2) is 59.0. The van der Waals surface area contributed by atoms with E-state index in [1.807, 2.05) is 6.08 Å². The number of amides is 1. The number of hydrogen-bond donors (Lipinski definition) is 12. The molecule has 0 aromatic carbocycles. The van der Waals surface area contributed by atoms with Crippen molar-refractivity contribution in [2.45, 2.75) is 446 Å². The maximum atomic E-state index is 13.5. The highest BCUT2D eigenvalue weighted by molar-refractivity contribution is 5.76. The molecule has 3 aliphatic rings. The van der Waals surface area contributed by atoms with Gasteiger partial charge in [0.05, 0.1) is 38.6 Å². The minimum Gasteiger partial charge on any atom is -0.394 e. The molecule has 19 heteroatoms. The van der Waals surface area contributed by atoms with Gasteiger partial charge in [-0.25, -0.2) is 0 Å². The quantitative estimate of drug-likeness (QED) is 0.0199. The van der Waals surface area contributed by atoms with Crippen molar-refractivity contribution in [1.29, 1.82) is 0 Å². The first-order chi connectivity index (χ1) is 46.8. The lowest BCUT2D eigenvalue weighted by Crippen LogP contribution is -2.66. The van der Waals surface area contributed by atoms with Gasteiger partial charge in [0.25, 0.3) is 0 Å². The van der Waals surface area contributed by atoms with Crippen LogP contribution in [-0.2, 0) is 33.2 Å². The van der Waals surface area contributed by atoms with E-state index in [1.54, 1.807) is 6.08 Å². The molecule has 96 heavy (non-hydrogen) atoms. The lowest BCUT2D eigenvalue weighted by Gasteiger charge is -2.48. The third-order valence-corrected chi connectivity index (χ3v) is 20.3. The minimum atomic E-state index is -1.98. The molecule has 3 aliphatic heterocycles. The minimum absolute atomic E-state index is 0.250. The van der Waals surface area contributed by atoms with Crippen LogP contribution < -0.4 is 5.32 Å². The molecule has 19 nitrogen and oxygen atoms in total. The predicted octanol–water partition coefficient (Wildman–Crippen LogP) is 12.8. The van der Waals surface area contributed by atoms with Gasteiger partial charge in [0.1, 0.15) is 73.2 Å². The second-order valence-corrected chi connectivity index (χ2v) is 28.9. The van der Waals surface area contributed by atoms with Gasteiger partial charge in [-0.2, -0.15) is 0 Å². The molecule has 3 fully saturated rings. The van der Waals surface area contributed by atoms with Crippen LogP contribution in [0.1, 0.15) is 341 Å². The number of aliphatic hydroxyl groups is 11. The van der Waals surface area contributed by atoms with Gasteiger partial charge in [-0.05, 0) is 19.3 Å². The van der Waals surface area contributed by atoms with E-state index >= 15 is 0 Å². The topological polar surface area (TPSA) is 307 Å². The molecule has 3 rings (SSSR count). The Balaban J connectivity index is 1.38. The van der Waals surface area contributed by atoms with Gasteiger partial charge in [-0.1, -0.05) is 328 Å². The number of aliphatic hydroxyl groups excluding tert-OH is 11. The fraction of sp³-hybridized carbons (Fsp3) is 0.961. The lowest BCUT2D eigenvalue weighted by atomic mass is 9.96. The summed E-state index contributed by atoms with van der Waals surface area (Å²) < 4.78 is 34.5. The first kappa shape index (κ1) is 88.7. The third-order valence-electron chi connectivity index (χ3n) is 20.3. The van der Waals surface area contributed by atoms with Crippen LogP contribution in [0.3, 0.4) is 0 Å². The lowest BCUT2D eigenvalue weighted by molar-refractivity contribution is -0.379. The molecule has 17 unspecified atom stereocenters. The van der Waals surface area contributed by atoms with Crippen molar-refractivity contribution in [3.05, 3.63) is 12.2 Å². The molecule has 0 bridgehead atoms. The van der Waals surface area contributed by atoms with E-state index in [-0.39, 0.29) is 18.9 Å². The van der Waals surface area contributed by atoms with Gasteiger partial charge in [-0.15, -0.1) is 0 Å². The molecule has 1 amide bonds. The number of allylic oxidation sites excluding steroid dienone is 1. The summed E-state index contributed by atoms with van der Waals surface area (Å²) in [5.74, 6) is -0.267. The Labute approximate surface area is 582 Å². The van der Waals surface area contributed by atoms with Gasteiger partial charge in [0.2, 0.25) is 5.91 Å². The highest BCUT2D eigenvalue weighted by atomic mass is 16.8. The summed E-state index contributed by atoms with van der Waals surface area (Å²) in [5.41, 5.74) is 0. The van der Waals surface area contributed by atoms with E-state index in [1.165, 1.54) is 270 Å². The monoisotopic (exact) mass is 1370 g/mol. The summed E-state index contributed by atoms with van der Waals surface area (Å²) in [5, 5.41) is 121. The Bertz CT molecular complexity index is 1790. The van der Waals surface area contributed by atoms with Crippen LogP contribution in [-0.4, -0.2) is 193 Å². The molecular weight excluding hydrogens is 1230 g/mol. The van der Waals surface area contributed by atoms with E-state index < -0.39 is 124 Å². The normalized spacial score (nSPS) is 27.0. The molecule has 0 aromatic heterocycles. The number of nitrogens with one attached hydrogen (secondary N) is 1. The zero-order valence-corrected chi connectivity index (χ0v) is 60.6. The van der Waals surface area contributed by atoms with E-state index in [2.05, 4.69) is 19.2 Å². The third kappa shape index (κ3) is 39.3. The van der Waals surface area contributed by atoms with Crippen LogP contribution in [0.4, 0.5) is 0 Å². The van der Waals surface area contributed by atoms with Crippen molar-refractivity contribution < 1.29 is 89.4 Å². The number of carbonyl (C=O) groups excluding carboxylic acids is 1. The van der Waals surface area contributed by atoms with Crippen molar-refractivity contribution in [3.8, 4) is 0 Å². The second-order valence-electron chi connectivity index (χ2n) is 28.9. The zero-order valence-electron chi connectivity index (χ0n) is 60.6. The molecule has 0 radical (unpaired) electrons. The maximum Gasteiger partial charge on any atom is 0.220 e. The molecule has 0 spiro atoms. The van der Waals surface area contributed by atoms with Crippen LogP contribution in [0, 0.1) is 0 Å². The first-order valence-electron chi connectivity index (χ1n) is 39.9. The summed E-state index contributed by atoms with van der Waals surface area (Å²) in [4.78, 5) is 13.5. The number of unbranched alkanes of at least 4 members (excludes halogenated alkanes) is 48. The average Bonchev–Trinajstić information content (AvgIpc) is 0.787. The first-order valence-corrected chi connectivity index (χ1v) is 39.9. The summed E-state index contributed by atoms with van der Waals surface area (Å²) in [6, 6.07) is -0.970.